The van der Waals surface area contributed by atoms with Crippen molar-refractivity contribution in [2.24, 2.45) is 0 Å². The summed E-state index contributed by atoms with van der Waals surface area (Å²) in [5.74, 6) is 0.136. The SMILES string of the molecule is CC1=CC(=O)/C=C\CCC1. The molecule has 0 radical (unpaired) electrons. The highest BCUT2D eigenvalue weighted by atomic mass is 16.1. The minimum absolute atomic E-state index is 0.136. The molecule has 1 rings (SSSR count). The maximum Gasteiger partial charge on any atom is 0.178 e. The van der Waals surface area contributed by atoms with Crippen molar-refractivity contribution in [1.82, 2.24) is 0 Å². The van der Waals surface area contributed by atoms with Crippen LogP contribution < -0.4 is 0 Å². The molecular weight excluding hydrogens is 124 g/mol. The van der Waals surface area contributed by atoms with E-state index in [1.807, 2.05) is 13.0 Å². The van der Waals surface area contributed by atoms with Crippen LogP contribution in [0.25, 0.3) is 0 Å². The van der Waals surface area contributed by atoms with Crippen LogP contribution in [0, 0.1) is 0 Å². The minimum atomic E-state index is 0.136. The van der Waals surface area contributed by atoms with Gasteiger partial charge in [0.05, 0.1) is 0 Å². The third kappa shape index (κ3) is 2.18. The first kappa shape index (κ1) is 7.26. The van der Waals surface area contributed by atoms with Gasteiger partial charge in [-0.3, -0.25) is 4.79 Å². The van der Waals surface area contributed by atoms with E-state index in [-0.39, 0.29) is 5.78 Å². The molecule has 1 aliphatic rings. The lowest BCUT2D eigenvalue weighted by Gasteiger charge is -2.00. The fourth-order valence-electron chi connectivity index (χ4n) is 1.06. The molecule has 0 spiro atoms. The first-order valence-corrected chi connectivity index (χ1v) is 3.67. The summed E-state index contributed by atoms with van der Waals surface area (Å²) in [7, 11) is 0. The summed E-state index contributed by atoms with van der Waals surface area (Å²) in [4.78, 5) is 10.9. The van der Waals surface area contributed by atoms with Gasteiger partial charge >= 0.3 is 0 Å². The van der Waals surface area contributed by atoms with E-state index in [1.54, 1.807) is 12.2 Å². The molecule has 54 valence electrons. The first-order chi connectivity index (χ1) is 4.79. The maximum atomic E-state index is 10.9. The Kier molecular flexibility index (Phi) is 2.43. The Hall–Kier alpha value is -0.850. The Morgan fingerprint density at radius 2 is 2.30 bits per heavy atom. The van der Waals surface area contributed by atoms with E-state index >= 15 is 0 Å². The van der Waals surface area contributed by atoms with Gasteiger partial charge in [0, 0.05) is 0 Å². The molecular formula is C9H12O. The lowest BCUT2D eigenvalue weighted by Crippen LogP contribution is -1.91. The van der Waals surface area contributed by atoms with E-state index in [1.165, 1.54) is 12.0 Å². The molecule has 0 heterocycles. The molecule has 1 nitrogen and oxygen atoms in total. The molecule has 0 unspecified atom stereocenters. The molecule has 0 aromatic carbocycles. The van der Waals surface area contributed by atoms with Crippen LogP contribution in [0.15, 0.2) is 23.8 Å². The summed E-state index contributed by atoms with van der Waals surface area (Å²) in [6, 6.07) is 0. The summed E-state index contributed by atoms with van der Waals surface area (Å²) in [5.41, 5.74) is 1.20. The van der Waals surface area contributed by atoms with Gasteiger partial charge in [-0.1, -0.05) is 11.6 Å². The maximum absolute atomic E-state index is 10.9. The van der Waals surface area contributed by atoms with E-state index in [2.05, 4.69) is 0 Å². The lowest BCUT2D eigenvalue weighted by molar-refractivity contribution is -0.110. The number of carbonyl (C=O) groups is 1. The zero-order chi connectivity index (χ0) is 7.40. The van der Waals surface area contributed by atoms with Crippen molar-refractivity contribution < 1.29 is 4.79 Å². The highest BCUT2D eigenvalue weighted by Crippen LogP contribution is 2.09. The lowest BCUT2D eigenvalue weighted by atomic mass is 10.1. The van der Waals surface area contributed by atoms with Gasteiger partial charge in [-0.15, -0.1) is 0 Å². The number of allylic oxidation sites excluding steroid dienone is 4. The molecule has 0 aliphatic heterocycles. The van der Waals surface area contributed by atoms with E-state index in [0.29, 0.717) is 0 Å². The van der Waals surface area contributed by atoms with Gasteiger partial charge in [-0.05, 0) is 38.3 Å². The number of hydrogen-bond acceptors (Lipinski definition) is 1. The molecule has 1 aliphatic carbocycles. The smallest absolute Gasteiger partial charge is 0.178 e. The third-order valence-corrected chi connectivity index (χ3v) is 1.61. The molecule has 0 saturated carbocycles. The van der Waals surface area contributed by atoms with E-state index in [4.69, 9.17) is 0 Å². The largest absolute Gasteiger partial charge is 0.290 e. The monoisotopic (exact) mass is 136 g/mol. The molecule has 0 atom stereocenters. The zero-order valence-electron chi connectivity index (χ0n) is 6.26. The Morgan fingerprint density at radius 3 is 3.10 bits per heavy atom. The molecule has 0 aromatic heterocycles. The number of carbonyl (C=O) groups excluding carboxylic acids is 1. The van der Waals surface area contributed by atoms with Crippen molar-refractivity contribution in [1.29, 1.82) is 0 Å². The predicted octanol–water partition coefficient (Wildman–Crippen LogP) is 2.24. The molecule has 0 aromatic rings. The van der Waals surface area contributed by atoms with Crippen LogP contribution in [0.1, 0.15) is 26.2 Å². The topological polar surface area (TPSA) is 17.1 Å². The summed E-state index contributed by atoms with van der Waals surface area (Å²) in [6.07, 6.45) is 8.60. The number of rotatable bonds is 0. The molecule has 0 N–H and O–H groups in total. The van der Waals surface area contributed by atoms with E-state index < -0.39 is 0 Å². The van der Waals surface area contributed by atoms with Crippen LogP contribution in [-0.2, 0) is 4.79 Å². The van der Waals surface area contributed by atoms with Gasteiger partial charge < -0.3 is 0 Å². The van der Waals surface area contributed by atoms with Gasteiger partial charge in [0.1, 0.15) is 0 Å². The molecule has 10 heavy (non-hydrogen) atoms. The van der Waals surface area contributed by atoms with Crippen LogP contribution in [0.3, 0.4) is 0 Å². The predicted molar refractivity (Wildman–Crippen MR) is 41.8 cm³/mol. The fourth-order valence-corrected chi connectivity index (χ4v) is 1.06. The Balaban J connectivity index is 2.68. The van der Waals surface area contributed by atoms with Gasteiger partial charge in [0.2, 0.25) is 0 Å². The van der Waals surface area contributed by atoms with Crippen LogP contribution in [0.2, 0.25) is 0 Å². The van der Waals surface area contributed by atoms with Gasteiger partial charge in [0.15, 0.2) is 5.78 Å². The third-order valence-electron chi connectivity index (χ3n) is 1.61. The molecule has 0 amide bonds. The first-order valence-electron chi connectivity index (χ1n) is 3.67. The summed E-state index contributed by atoms with van der Waals surface area (Å²) in [5, 5.41) is 0. The van der Waals surface area contributed by atoms with Gasteiger partial charge in [0.25, 0.3) is 0 Å². The number of ketones is 1. The van der Waals surface area contributed by atoms with E-state index in [0.717, 1.165) is 12.8 Å². The summed E-state index contributed by atoms with van der Waals surface area (Å²) >= 11 is 0. The van der Waals surface area contributed by atoms with Crippen molar-refractivity contribution in [3.05, 3.63) is 23.8 Å². The minimum Gasteiger partial charge on any atom is -0.290 e. The van der Waals surface area contributed by atoms with Gasteiger partial charge in [-0.2, -0.15) is 0 Å². The van der Waals surface area contributed by atoms with Crippen LogP contribution >= 0.6 is 0 Å². The molecule has 0 bridgehead atoms. The molecule has 1 heteroatoms. The quantitative estimate of drug-likeness (QED) is 0.499. The second-order valence-electron chi connectivity index (χ2n) is 2.69. The van der Waals surface area contributed by atoms with Crippen molar-refractivity contribution in [3.63, 3.8) is 0 Å². The Labute approximate surface area is 61.4 Å². The Bertz CT molecular complexity index is 187. The van der Waals surface area contributed by atoms with Crippen LogP contribution in [0.5, 0.6) is 0 Å². The van der Waals surface area contributed by atoms with Crippen molar-refractivity contribution in [2.75, 3.05) is 0 Å². The highest BCUT2D eigenvalue weighted by molar-refractivity contribution is 5.99. The number of hydrogen-bond donors (Lipinski definition) is 0. The normalized spacial score (nSPS) is 22.9. The van der Waals surface area contributed by atoms with Crippen molar-refractivity contribution in [3.8, 4) is 0 Å². The summed E-state index contributed by atoms with van der Waals surface area (Å²) in [6.45, 7) is 2.01. The molecule has 0 saturated heterocycles. The summed E-state index contributed by atoms with van der Waals surface area (Å²) < 4.78 is 0. The average molecular weight is 136 g/mol. The van der Waals surface area contributed by atoms with Crippen molar-refractivity contribution >= 4 is 5.78 Å². The fraction of sp³-hybridized carbons (Fsp3) is 0.444. The Morgan fingerprint density at radius 1 is 1.50 bits per heavy atom. The van der Waals surface area contributed by atoms with Gasteiger partial charge in [-0.25, -0.2) is 0 Å². The molecule has 0 fully saturated rings. The van der Waals surface area contributed by atoms with E-state index in [9.17, 15) is 4.79 Å². The zero-order valence-corrected chi connectivity index (χ0v) is 6.26. The highest BCUT2D eigenvalue weighted by Gasteiger charge is 1.97. The average Bonchev–Trinajstić information content (AvgIpc) is 1.83. The second kappa shape index (κ2) is 3.35. The standard InChI is InChI=1S/C9H12O/c1-8-5-3-2-4-6-9(10)7-8/h4,6-7H,2-3,5H2,1H3/b6-4-,8-7?. The van der Waals surface area contributed by atoms with Crippen LogP contribution in [0.4, 0.5) is 0 Å². The second-order valence-corrected chi connectivity index (χ2v) is 2.69. The van der Waals surface area contributed by atoms with Crippen molar-refractivity contribution in [2.45, 2.75) is 26.2 Å². The van der Waals surface area contributed by atoms with Crippen LogP contribution in [-0.4, -0.2) is 5.78 Å².